The highest BCUT2D eigenvalue weighted by Crippen LogP contribution is 2.34. The van der Waals surface area contributed by atoms with Gasteiger partial charge in [0.05, 0.1) is 17.7 Å². The molecule has 0 aliphatic heterocycles. The fraction of sp³-hybridized carbons (Fsp3) is 0.538. The Hall–Kier alpha value is -0.780. The van der Waals surface area contributed by atoms with E-state index in [2.05, 4.69) is 0 Å². The van der Waals surface area contributed by atoms with E-state index in [0.717, 1.165) is 12.1 Å². The summed E-state index contributed by atoms with van der Waals surface area (Å²) in [6, 6.07) is 2.23. The molecule has 0 heterocycles. The fourth-order valence-corrected chi connectivity index (χ4v) is 2.00. The second-order valence-corrected chi connectivity index (χ2v) is 5.11. The Balaban J connectivity index is 3.10. The third-order valence-corrected chi connectivity index (χ3v) is 3.45. The summed E-state index contributed by atoms with van der Waals surface area (Å²) in [5.41, 5.74) is 5.15. The number of aliphatic hydroxyl groups excluding tert-OH is 1. The lowest BCUT2D eigenvalue weighted by Crippen LogP contribution is -2.31. The molecule has 3 N–H and O–H groups in total. The van der Waals surface area contributed by atoms with E-state index in [-0.39, 0.29) is 16.5 Å². The zero-order chi connectivity index (χ0) is 14.8. The molecule has 0 aliphatic rings. The van der Waals surface area contributed by atoms with Crippen molar-refractivity contribution < 1.29 is 18.3 Å². The van der Waals surface area contributed by atoms with Gasteiger partial charge in [0.15, 0.2) is 0 Å². The molecule has 0 amide bonds. The lowest BCUT2D eigenvalue weighted by atomic mass is 9.91. The van der Waals surface area contributed by atoms with Crippen LogP contribution in [0.4, 0.5) is 13.2 Å². The van der Waals surface area contributed by atoms with Crippen LogP contribution in [0.15, 0.2) is 18.2 Å². The molecule has 19 heavy (non-hydrogen) atoms. The van der Waals surface area contributed by atoms with Gasteiger partial charge in [-0.2, -0.15) is 13.2 Å². The van der Waals surface area contributed by atoms with Crippen molar-refractivity contribution in [3.63, 3.8) is 0 Å². The monoisotopic (exact) mass is 295 g/mol. The number of alkyl halides is 3. The summed E-state index contributed by atoms with van der Waals surface area (Å²) in [4.78, 5) is 0. The minimum atomic E-state index is -4.49. The van der Waals surface area contributed by atoms with Gasteiger partial charge in [-0.05, 0) is 29.7 Å². The van der Waals surface area contributed by atoms with Crippen molar-refractivity contribution in [1.82, 2.24) is 0 Å². The fourth-order valence-electron chi connectivity index (χ4n) is 1.76. The molecule has 6 heteroatoms. The molecule has 0 saturated carbocycles. The summed E-state index contributed by atoms with van der Waals surface area (Å²) in [5, 5.41) is 9.93. The van der Waals surface area contributed by atoms with Crippen molar-refractivity contribution in [1.29, 1.82) is 0 Å². The van der Waals surface area contributed by atoms with Crippen molar-refractivity contribution >= 4 is 11.6 Å². The highest BCUT2D eigenvalue weighted by Gasteiger charge is 2.32. The van der Waals surface area contributed by atoms with Crippen molar-refractivity contribution in [2.24, 2.45) is 11.7 Å². The molecule has 0 saturated heterocycles. The zero-order valence-electron chi connectivity index (χ0n) is 10.7. The van der Waals surface area contributed by atoms with Crippen LogP contribution in [0.5, 0.6) is 0 Å². The second-order valence-electron chi connectivity index (χ2n) is 4.67. The minimum Gasteiger partial charge on any atom is -0.391 e. The van der Waals surface area contributed by atoms with E-state index in [1.54, 1.807) is 6.92 Å². The Morgan fingerprint density at radius 3 is 2.37 bits per heavy atom. The first kappa shape index (κ1) is 16.3. The minimum absolute atomic E-state index is 0.0448. The van der Waals surface area contributed by atoms with Crippen LogP contribution >= 0.6 is 11.6 Å². The Bertz CT molecular complexity index is 436. The van der Waals surface area contributed by atoms with Crippen molar-refractivity contribution in [3.8, 4) is 0 Å². The number of halogens is 4. The van der Waals surface area contributed by atoms with Gasteiger partial charge in [-0.25, -0.2) is 0 Å². The molecule has 3 atom stereocenters. The Morgan fingerprint density at radius 2 is 1.89 bits per heavy atom. The maximum absolute atomic E-state index is 12.7. The molecule has 1 rings (SSSR count). The summed E-state index contributed by atoms with van der Waals surface area (Å²) in [5.74, 6) is -0.108. The van der Waals surface area contributed by atoms with Crippen molar-refractivity contribution in [2.45, 2.75) is 38.6 Å². The molecule has 108 valence electrons. The van der Waals surface area contributed by atoms with Gasteiger partial charge in [-0.15, -0.1) is 0 Å². The lowest BCUT2D eigenvalue weighted by molar-refractivity contribution is -0.137. The molecule has 0 aliphatic carbocycles. The van der Waals surface area contributed by atoms with Crippen LogP contribution < -0.4 is 5.73 Å². The molecular weight excluding hydrogens is 279 g/mol. The predicted molar refractivity (Wildman–Crippen MR) is 68.8 cm³/mol. The topological polar surface area (TPSA) is 46.2 Å². The summed E-state index contributed by atoms with van der Waals surface area (Å²) in [7, 11) is 0. The maximum atomic E-state index is 12.7. The quantitative estimate of drug-likeness (QED) is 0.888. The first-order valence-electron chi connectivity index (χ1n) is 5.98. The van der Waals surface area contributed by atoms with Crippen LogP contribution in [0.25, 0.3) is 0 Å². The first-order valence-corrected chi connectivity index (χ1v) is 6.36. The van der Waals surface area contributed by atoms with Crippen molar-refractivity contribution in [2.75, 3.05) is 0 Å². The lowest BCUT2D eigenvalue weighted by Gasteiger charge is -2.25. The van der Waals surface area contributed by atoms with E-state index in [0.29, 0.717) is 6.42 Å². The Kier molecular flexibility index (Phi) is 5.24. The summed E-state index contributed by atoms with van der Waals surface area (Å²) in [6.07, 6.45) is -4.72. The average Bonchev–Trinajstić information content (AvgIpc) is 2.34. The first-order chi connectivity index (χ1) is 8.66. The number of hydrogen-bond donors (Lipinski definition) is 2. The van der Waals surface area contributed by atoms with E-state index in [4.69, 9.17) is 17.3 Å². The van der Waals surface area contributed by atoms with Gasteiger partial charge in [0.25, 0.3) is 0 Å². The van der Waals surface area contributed by atoms with E-state index in [9.17, 15) is 18.3 Å². The molecule has 0 spiro atoms. The normalized spacial score (nSPS) is 17.1. The van der Waals surface area contributed by atoms with Crippen LogP contribution in [0, 0.1) is 5.92 Å². The van der Waals surface area contributed by atoms with Crippen LogP contribution in [0.2, 0.25) is 5.02 Å². The van der Waals surface area contributed by atoms with Gasteiger partial charge in [0.2, 0.25) is 0 Å². The molecule has 0 fully saturated rings. The molecule has 0 radical (unpaired) electrons. The summed E-state index contributed by atoms with van der Waals surface area (Å²) >= 11 is 5.68. The summed E-state index contributed by atoms with van der Waals surface area (Å²) in [6.45, 7) is 3.67. The molecule has 0 bridgehead atoms. The van der Waals surface area contributed by atoms with E-state index >= 15 is 0 Å². The smallest absolute Gasteiger partial charge is 0.391 e. The van der Waals surface area contributed by atoms with Crippen LogP contribution in [-0.2, 0) is 6.18 Å². The van der Waals surface area contributed by atoms with Crippen LogP contribution in [-0.4, -0.2) is 11.2 Å². The second kappa shape index (κ2) is 6.11. The number of benzene rings is 1. The van der Waals surface area contributed by atoms with Crippen LogP contribution in [0.1, 0.15) is 37.4 Å². The molecule has 1 aromatic rings. The van der Waals surface area contributed by atoms with Crippen LogP contribution in [0.3, 0.4) is 0 Å². The SMILES string of the molecule is CCC(C)[C@H](O)[C@H](N)c1cc(Cl)cc(C(F)(F)F)c1. The zero-order valence-corrected chi connectivity index (χ0v) is 11.5. The number of hydrogen-bond acceptors (Lipinski definition) is 2. The van der Waals surface area contributed by atoms with E-state index < -0.39 is 23.9 Å². The Labute approximate surface area is 115 Å². The average molecular weight is 296 g/mol. The third-order valence-electron chi connectivity index (χ3n) is 3.23. The van der Waals surface area contributed by atoms with Gasteiger partial charge in [0, 0.05) is 5.02 Å². The van der Waals surface area contributed by atoms with E-state index in [1.807, 2.05) is 6.92 Å². The molecule has 1 aromatic carbocycles. The number of nitrogens with two attached hydrogens (primary N) is 1. The maximum Gasteiger partial charge on any atom is 0.416 e. The van der Waals surface area contributed by atoms with Gasteiger partial charge in [-0.3, -0.25) is 0 Å². The predicted octanol–water partition coefficient (Wildman–Crippen LogP) is 3.77. The largest absolute Gasteiger partial charge is 0.416 e. The van der Waals surface area contributed by atoms with Gasteiger partial charge >= 0.3 is 6.18 Å². The van der Waals surface area contributed by atoms with E-state index in [1.165, 1.54) is 6.07 Å². The molecule has 2 nitrogen and oxygen atoms in total. The van der Waals surface area contributed by atoms with Gasteiger partial charge in [0.1, 0.15) is 0 Å². The third kappa shape index (κ3) is 4.09. The molecule has 1 unspecified atom stereocenters. The highest BCUT2D eigenvalue weighted by atomic mass is 35.5. The number of rotatable bonds is 4. The summed E-state index contributed by atoms with van der Waals surface area (Å²) < 4.78 is 38.0. The van der Waals surface area contributed by atoms with Gasteiger partial charge < -0.3 is 10.8 Å². The molecular formula is C13H17ClF3NO. The molecule has 0 aromatic heterocycles. The van der Waals surface area contributed by atoms with Crippen molar-refractivity contribution in [3.05, 3.63) is 34.3 Å². The Morgan fingerprint density at radius 1 is 1.32 bits per heavy atom. The highest BCUT2D eigenvalue weighted by molar-refractivity contribution is 6.30. The standard InChI is InChI=1S/C13H17ClF3NO/c1-3-7(2)12(19)11(18)8-4-9(13(15,16)17)6-10(14)5-8/h4-7,11-12,19H,3,18H2,1-2H3/t7?,11-,12+/m1/s1. The van der Waals surface area contributed by atoms with Gasteiger partial charge in [-0.1, -0.05) is 31.9 Å². The number of aliphatic hydroxyl groups is 1.